The minimum atomic E-state index is -2.82. The second-order valence-electron chi connectivity index (χ2n) is 5.63. The van der Waals surface area contributed by atoms with Crippen LogP contribution in [0.25, 0.3) is 0 Å². The second-order valence-corrected chi connectivity index (χ2v) is 7.89. The van der Waals surface area contributed by atoms with E-state index in [0.717, 1.165) is 38.0 Å². The first-order valence-corrected chi connectivity index (χ1v) is 8.23. The van der Waals surface area contributed by atoms with Crippen molar-refractivity contribution in [3.05, 3.63) is 0 Å². The van der Waals surface area contributed by atoms with Crippen LogP contribution in [-0.4, -0.2) is 82.2 Å². The molecule has 5 nitrogen and oxygen atoms in total. The van der Waals surface area contributed by atoms with Crippen molar-refractivity contribution < 1.29 is 8.42 Å². The van der Waals surface area contributed by atoms with Gasteiger partial charge in [0.15, 0.2) is 0 Å². The highest BCUT2D eigenvalue weighted by molar-refractivity contribution is 7.90. The third-order valence-corrected chi connectivity index (χ3v) is 4.81. The Morgan fingerprint density at radius 2 is 1.65 bits per heavy atom. The van der Waals surface area contributed by atoms with Gasteiger partial charge in [-0.3, -0.25) is 0 Å². The number of likely N-dealkylation sites (tertiary alicyclic amines) is 1. The van der Waals surface area contributed by atoms with Crippen LogP contribution < -0.4 is 0 Å². The lowest BCUT2D eigenvalue weighted by Crippen LogP contribution is -2.38. The topological polar surface area (TPSA) is 43.9 Å². The van der Waals surface area contributed by atoms with Crippen LogP contribution in [0.4, 0.5) is 0 Å². The standard InChI is InChI=1S/C11H23N3O2S/c1-12(2)14-8-10-6-13(7-11(10)9-14)4-5-17(3,15)16/h10-11H,4-9H2,1-3H3. The highest BCUT2D eigenvalue weighted by Gasteiger charge is 2.40. The van der Waals surface area contributed by atoms with E-state index in [1.165, 1.54) is 6.26 Å². The van der Waals surface area contributed by atoms with E-state index in [2.05, 4.69) is 29.0 Å². The van der Waals surface area contributed by atoms with Crippen LogP contribution in [-0.2, 0) is 9.84 Å². The monoisotopic (exact) mass is 261 g/mol. The fourth-order valence-electron chi connectivity index (χ4n) is 2.87. The molecule has 2 fully saturated rings. The van der Waals surface area contributed by atoms with E-state index in [0.29, 0.717) is 12.3 Å². The van der Waals surface area contributed by atoms with Crippen LogP contribution in [0.3, 0.4) is 0 Å². The van der Waals surface area contributed by atoms with Crippen LogP contribution in [0.15, 0.2) is 0 Å². The first kappa shape index (κ1) is 13.3. The van der Waals surface area contributed by atoms with Crippen molar-refractivity contribution in [2.45, 2.75) is 0 Å². The quantitative estimate of drug-likeness (QED) is 0.674. The molecule has 0 aromatic carbocycles. The third-order valence-electron chi connectivity index (χ3n) is 3.89. The number of hydrogen-bond acceptors (Lipinski definition) is 5. The Balaban J connectivity index is 1.80. The van der Waals surface area contributed by atoms with E-state index in [4.69, 9.17) is 0 Å². The summed E-state index contributed by atoms with van der Waals surface area (Å²) in [5.41, 5.74) is 0. The molecule has 2 aliphatic rings. The maximum atomic E-state index is 11.1. The molecule has 0 N–H and O–H groups in total. The molecule has 2 atom stereocenters. The average molecular weight is 261 g/mol. The van der Waals surface area contributed by atoms with E-state index < -0.39 is 9.84 Å². The summed E-state index contributed by atoms with van der Waals surface area (Å²) in [6, 6.07) is 0. The third kappa shape index (κ3) is 3.40. The smallest absolute Gasteiger partial charge is 0.148 e. The van der Waals surface area contributed by atoms with Crippen molar-refractivity contribution in [3.8, 4) is 0 Å². The molecule has 0 bridgehead atoms. The summed E-state index contributed by atoms with van der Waals surface area (Å²) in [6.07, 6.45) is 1.32. The molecule has 2 heterocycles. The van der Waals surface area contributed by atoms with Gasteiger partial charge in [0.25, 0.3) is 0 Å². The van der Waals surface area contributed by atoms with Crippen LogP contribution in [0.1, 0.15) is 0 Å². The molecule has 0 aromatic heterocycles. The molecular formula is C11H23N3O2S. The molecule has 0 aromatic rings. The molecule has 2 saturated heterocycles. The van der Waals surface area contributed by atoms with Gasteiger partial charge in [0.1, 0.15) is 9.84 Å². The maximum Gasteiger partial charge on any atom is 0.148 e. The molecule has 17 heavy (non-hydrogen) atoms. The Morgan fingerprint density at radius 1 is 1.12 bits per heavy atom. The van der Waals surface area contributed by atoms with Gasteiger partial charge in [-0.1, -0.05) is 0 Å². The number of sulfone groups is 1. The Bertz CT molecular complexity index is 355. The lowest BCUT2D eigenvalue weighted by Gasteiger charge is -2.26. The van der Waals surface area contributed by atoms with Gasteiger partial charge in [0.05, 0.1) is 5.75 Å². The molecule has 2 unspecified atom stereocenters. The summed E-state index contributed by atoms with van der Waals surface area (Å²) >= 11 is 0. The van der Waals surface area contributed by atoms with Gasteiger partial charge < -0.3 is 4.90 Å². The highest BCUT2D eigenvalue weighted by Crippen LogP contribution is 2.30. The Kier molecular flexibility index (Phi) is 3.77. The van der Waals surface area contributed by atoms with Crippen LogP contribution in [0, 0.1) is 11.8 Å². The number of fused-ring (bicyclic) bond motifs is 1. The summed E-state index contributed by atoms with van der Waals surface area (Å²) in [5, 5.41) is 4.54. The van der Waals surface area contributed by atoms with Crippen LogP contribution in [0.5, 0.6) is 0 Å². The van der Waals surface area contributed by atoms with Crippen LogP contribution in [0.2, 0.25) is 0 Å². The van der Waals surface area contributed by atoms with E-state index in [1.54, 1.807) is 0 Å². The summed E-state index contributed by atoms with van der Waals surface area (Å²) in [6.45, 7) is 5.06. The summed E-state index contributed by atoms with van der Waals surface area (Å²) < 4.78 is 22.3. The van der Waals surface area contributed by atoms with E-state index in [1.807, 2.05) is 0 Å². The van der Waals surface area contributed by atoms with Crippen molar-refractivity contribution in [2.75, 3.05) is 58.8 Å². The maximum absolute atomic E-state index is 11.1. The lowest BCUT2D eigenvalue weighted by molar-refractivity contribution is 0.0402. The van der Waals surface area contributed by atoms with Crippen molar-refractivity contribution >= 4 is 9.84 Å². The zero-order valence-electron chi connectivity index (χ0n) is 11.0. The van der Waals surface area contributed by atoms with Gasteiger partial charge in [-0.2, -0.15) is 0 Å². The second kappa shape index (κ2) is 4.84. The van der Waals surface area contributed by atoms with Crippen LogP contribution >= 0.6 is 0 Å². The number of hydrogen-bond donors (Lipinski definition) is 0. The number of hydrazine groups is 1. The number of nitrogens with zero attached hydrogens (tertiary/aromatic N) is 3. The average Bonchev–Trinajstić information content (AvgIpc) is 2.69. The first-order chi connectivity index (χ1) is 7.85. The Hall–Kier alpha value is -0.170. The Morgan fingerprint density at radius 3 is 2.06 bits per heavy atom. The summed E-state index contributed by atoms with van der Waals surface area (Å²) in [4.78, 5) is 2.31. The molecule has 0 saturated carbocycles. The van der Waals surface area contributed by atoms with Gasteiger partial charge >= 0.3 is 0 Å². The van der Waals surface area contributed by atoms with Gasteiger partial charge in [-0.15, -0.1) is 0 Å². The molecule has 0 radical (unpaired) electrons. The van der Waals surface area contributed by atoms with Crippen molar-refractivity contribution in [1.82, 2.24) is 14.9 Å². The molecule has 0 spiro atoms. The predicted octanol–water partition coefficient (Wildman–Crippen LogP) is -0.629. The highest BCUT2D eigenvalue weighted by atomic mass is 32.2. The van der Waals surface area contributed by atoms with Gasteiger partial charge in [-0.25, -0.2) is 18.4 Å². The minimum absolute atomic E-state index is 0.295. The molecule has 0 aliphatic carbocycles. The zero-order valence-corrected chi connectivity index (χ0v) is 11.8. The first-order valence-electron chi connectivity index (χ1n) is 6.17. The van der Waals surface area contributed by atoms with E-state index >= 15 is 0 Å². The predicted molar refractivity (Wildman–Crippen MR) is 68.4 cm³/mol. The normalized spacial score (nSPS) is 31.3. The number of rotatable bonds is 4. The van der Waals surface area contributed by atoms with E-state index in [-0.39, 0.29) is 0 Å². The van der Waals surface area contributed by atoms with Crippen molar-refractivity contribution in [1.29, 1.82) is 0 Å². The fourth-order valence-corrected chi connectivity index (χ4v) is 3.46. The van der Waals surface area contributed by atoms with Crippen molar-refractivity contribution in [2.24, 2.45) is 11.8 Å². The minimum Gasteiger partial charge on any atom is -0.302 e. The van der Waals surface area contributed by atoms with Gasteiger partial charge in [-0.05, 0) is 11.8 Å². The molecular weight excluding hydrogens is 238 g/mol. The lowest BCUT2D eigenvalue weighted by atomic mass is 10.0. The largest absolute Gasteiger partial charge is 0.302 e. The molecule has 0 amide bonds. The van der Waals surface area contributed by atoms with E-state index in [9.17, 15) is 8.42 Å². The van der Waals surface area contributed by atoms with Gasteiger partial charge in [0.2, 0.25) is 0 Å². The SMILES string of the molecule is CN(C)N1CC2CN(CCS(C)(=O)=O)CC2C1. The molecule has 100 valence electrons. The van der Waals surface area contributed by atoms with Gasteiger partial charge in [0, 0.05) is 53.1 Å². The molecule has 2 rings (SSSR count). The fraction of sp³-hybridized carbons (Fsp3) is 1.00. The molecule has 2 aliphatic heterocycles. The summed E-state index contributed by atoms with van der Waals surface area (Å²) in [5.74, 6) is 1.73. The molecule has 6 heteroatoms. The zero-order chi connectivity index (χ0) is 12.6. The van der Waals surface area contributed by atoms with Crippen molar-refractivity contribution in [3.63, 3.8) is 0 Å². The Labute approximate surface area is 104 Å². The summed E-state index contributed by atoms with van der Waals surface area (Å²) in [7, 11) is 1.35.